The Hall–Kier alpha value is -1.41. The van der Waals surface area contributed by atoms with E-state index >= 15 is 0 Å². The molecule has 3 saturated carbocycles. The van der Waals surface area contributed by atoms with Crippen LogP contribution in [0.3, 0.4) is 0 Å². The summed E-state index contributed by atoms with van der Waals surface area (Å²) in [5.41, 5.74) is 4.45. The molecule has 23 heavy (non-hydrogen) atoms. The van der Waals surface area contributed by atoms with Crippen molar-refractivity contribution in [2.45, 2.75) is 37.5 Å². The van der Waals surface area contributed by atoms with Crippen LogP contribution in [-0.4, -0.2) is 4.98 Å². The summed E-state index contributed by atoms with van der Waals surface area (Å²) in [6, 6.07) is 11.1. The van der Waals surface area contributed by atoms with Crippen molar-refractivity contribution in [2.24, 2.45) is 11.8 Å². The molecule has 0 aliphatic heterocycles. The molecule has 1 aromatic heterocycles. The molecule has 114 valence electrons. The predicted octanol–water partition coefficient (Wildman–Crippen LogP) is 6.15. The van der Waals surface area contributed by atoms with Gasteiger partial charge in [-0.1, -0.05) is 40.2 Å². The van der Waals surface area contributed by atoms with Crippen molar-refractivity contribution in [3.05, 3.63) is 52.1 Å². The van der Waals surface area contributed by atoms with Crippen LogP contribution >= 0.6 is 15.9 Å². The van der Waals surface area contributed by atoms with Crippen LogP contribution in [0.15, 0.2) is 41.0 Å². The van der Waals surface area contributed by atoms with Crippen molar-refractivity contribution in [1.29, 1.82) is 0 Å². The maximum Gasteiger partial charge on any atom is 0.0783 e. The molecule has 5 aliphatic carbocycles. The molecule has 0 saturated heterocycles. The Kier molecular flexibility index (Phi) is 2.45. The van der Waals surface area contributed by atoms with Crippen LogP contribution < -0.4 is 0 Å². The summed E-state index contributed by atoms with van der Waals surface area (Å²) in [4.78, 5) is 4.95. The number of nitrogens with zero attached hydrogens (tertiary/aromatic N) is 1. The fourth-order valence-electron chi connectivity index (χ4n) is 5.89. The molecule has 4 atom stereocenters. The van der Waals surface area contributed by atoms with Gasteiger partial charge in [0.05, 0.1) is 5.52 Å². The van der Waals surface area contributed by atoms with E-state index < -0.39 is 0 Å². The molecule has 4 unspecified atom stereocenters. The summed E-state index contributed by atoms with van der Waals surface area (Å²) in [5.74, 6) is 3.46. The molecule has 0 spiro atoms. The van der Waals surface area contributed by atoms with E-state index in [2.05, 4.69) is 52.5 Å². The SMILES string of the molecule is Brc1cccc2c1ccc1c3c(cnc12)C1CC2CCC1CC32. The Labute approximate surface area is 144 Å². The van der Waals surface area contributed by atoms with Gasteiger partial charge >= 0.3 is 0 Å². The lowest BCUT2D eigenvalue weighted by atomic mass is 9.51. The third kappa shape index (κ3) is 1.56. The Morgan fingerprint density at radius 3 is 2.48 bits per heavy atom. The average molecular weight is 364 g/mol. The van der Waals surface area contributed by atoms with Gasteiger partial charge in [0, 0.05) is 21.4 Å². The molecular weight excluding hydrogens is 346 g/mol. The van der Waals surface area contributed by atoms with Gasteiger partial charge in [-0.3, -0.25) is 4.98 Å². The third-order valence-corrected chi connectivity index (χ3v) is 7.54. The molecule has 1 nitrogen and oxygen atoms in total. The molecule has 3 fully saturated rings. The van der Waals surface area contributed by atoms with Crippen molar-refractivity contribution >= 4 is 37.6 Å². The molecule has 0 radical (unpaired) electrons. The minimum Gasteiger partial charge on any atom is -0.255 e. The van der Waals surface area contributed by atoms with Gasteiger partial charge in [0.25, 0.3) is 0 Å². The maximum atomic E-state index is 4.95. The Morgan fingerprint density at radius 1 is 0.870 bits per heavy atom. The quantitative estimate of drug-likeness (QED) is 0.436. The van der Waals surface area contributed by atoms with E-state index in [-0.39, 0.29) is 0 Å². The predicted molar refractivity (Wildman–Crippen MR) is 97.9 cm³/mol. The Bertz CT molecular complexity index is 976. The molecule has 0 N–H and O–H groups in total. The molecule has 1 heterocycles. The molecule has 4 bridgehead atoms. The second-order valence-corrected chi connectivity index (χ2v) is 8.56. The molecule has 3 aromatic rings. The Morgan fingerprint density at radius 2 is 1.65 bits per heavy atom. The second-order valence-electron chi connectivity index (χ2n) is 7.71. The van der Waals surface area contributed by atoms with Crippen molar-refractivity contribution < 1.29 is 0 Å². The molecular formula is C21H18BrN. The van der Waals surface area contributed by atoms with E-state index in [9.17, 15) is 0 Å². The van der Waals surface area contributed by atoms with Crippen LogP contribution in [0, 0.1) is 11.8 Å². The van der Waals surface area contributed by atoms with Gasteiger partial charge in [-0.25, -0.2) is 0 Å². The molecule has 8 rings (SSSR count). The minimum atomic E-state index is 0.795. The van der Waals surface area contributed by atoms with E-state index in [0.29, 0.717) is 0 Å². The van der Waals surface area contributed by atoms with Crippen LogP contribution in [0.2, 0.25) is 0 Å². The average Bonchev–Trinajstić information content (AvgIpc) is 2.61. The highest BCUT2D eigenvalue weighted by molar-refractivity contribution is 9.10. The van der Waals surface area contributed by atoms with Crippen LogP contribution in [0.5, 0.6) is 0 Å². The summed E-state index contributed by atoms with van der Waals surface area (Å²) in [6.45, 7) is 0. The molecule has 0 amide bonds. The molecule has 5 aliphatic rings. The number of hydrogen-bond donors (Lipinski definition) is 0. The normalized spacial score (nSPS) is 31.0. The number of hydrogen-bond acceptors (Lipinski definition) is 1. The smallest absolute Gasteiger partial charge is 0.0783 e. The van der Waals surface area contributed by atoms with Crippen molar-refractivity contribution in [1.82, 2.24) is 4.98 Å². The van der Waals surface area contributed by atoms with Crippen molar-refractivity contribution in [2.75, 3.05) is 0 Å². The highest BCUT2D eigenvalue weighted by Gasteiger charge is 2.49. The van der Waals surface area contributed by atoms with Crippen LogP contribution in [0.25, 0.3) is 21.7 Å². The second kappa shape index (κ2) is 4.36. The first-order valence-electron chi connectivity index (χ1n) is 8.81. The van der Waals surface area contributed by atoms with Gasteiger partial charge in [0.15, 0.2) is 0 Å². The number of benzene rings is 2. The van der Waals surface area contributed by atoms with E-state index in [1.807, 2.05) is 0 Å². The Balaban J connectivity index is 1.73. The van der Waals surface area contributed by atoms with Gasteiger partial charge in [-0.15, -0.1) is 0 Å². The lowest BCUT2D eigenvalue weighted by Crippen LogP contribution is -2.40. The van der Waals surface area contributed by atoms with Crippen LogP contribution in [0.1, 0.15) is 48.6 Å². The number of rotatable bonds is 0. The number of aromatic nitrogens is 1. The highest BCUT2D eigenvalue weighted by atomic mass is 79.9. The van der Waals surface area contributed by atoms with E-state index in [1.54, 1.807) is 11.1 Å². The lowest BCUT2D eigenvalue weighted by Gasteiger charge is -2.53. The van der Waals surface area contributed by atoms with E-state index in [4.69, 9.17) is 4.98 Å². The topological polar surface area (TPSA) is 12.9 Å². The van der Waals surface area contributed by atoms with Crippen molar-refractivity contribution in [3.63, 3.8) is 0 Å². The fraction of sp³-hybridized carbons (Fsp3) is 0.381. The summed E-state index contributed by atoms with van der Waals surface area (Å²) >= 11 is 3.69. The van der Waals surface area contributed by atoms with Gasteiger partial charge in [0.2, 0.25) is 0 Å². The summed E-state index contributed by atoms with van der Waals surface area (Å²) < 4.78 is 1.16. The number of pyridine rings is 1. The summed E-state index contributed by atoms with van der Waals surface area (Å²) in [6.07, 6.45) is 7.98. The monoisotopic (exact) mass is 363 g/mol. The first-order valence-corrected chi connectivity index (χ1v) is 9.60. The fourth-order valence-corrected chi connectivity index (χ4v) is 6.39. The minimum absolute atomic E-state index is 0.795. The largest absolute Gasteiger partial charge is 0.255 e. The number of halogens is 1. The van der Waals surface area contributed by atoms with Gasteiger partial charge in [0.1, 0.15) is 0 Å². The lowest BCUT2D eigenvalue weighted by molar-refractivity contribution is 0.0969. The van der Waals surface area contributed by atoms with Crippen LogP contribution in [0.4, 0.5) is 0 Å². The highest BCUT2D eigenvalue weighted by Crippen LogP contribution is 2.62. The number of fused-ring (bicyclic) bond motifs is 4. The molecule has 2 heteroatoms. The van der Waals surface area contributed by atoms with E-state index in [0.717, 1.165) is 28.1 Å². The molecule has 2 aromatic carbocycles. The van der Waals surface area contributed by atoms with E-state index in [1.165, 1.54) is 47.4 Å². The van der Waals surface area contributed by atoms with Crippen LogP contribution in [-0.2, 0) is 0 Å². The third-order valence-electron chi connectivity index (χ3n) is 6.84. The summed E-state index contributed by atoms with van der Waals surface area (Å²) in [7, 11) is 0. The standard InChI is InChI=1S/C21H18BrN/c22-19-3-1-2-14-13(19)6-7-15-20-17-9-11-4-5-12(17)8-16(11)18(20)10-23-21(14)15/h1-3,6-7,10-12,16-17H,4-5,8-9H2. The maximum absolute atomic E-state index is 4.95. The van der Waals surface area contributed by atoms with Gasteiger partial charge < -0.3 is 0 Å². The zero-order chi connectivity index (χ0) is 15.1. The first kappa shape index (κ1) is 12.9. The summed E-state index contributed by atoms with van der Waals surface area (Å²) in [5, 5.41) is 3.98. The van der Waals surface area contributed by atoms with Gasteiger partial charge in [-0.2, -0.15) is 0 Å². The zero-order valence-electron chi connectivity index (χ0n) is 12.9. The first-order chi connectivity index (χ1) is 11.3. The van der Waals surface area contributed by atoms with Gasteiger partial charge in [-0.05, 0) is 71.9 Å². The van der Waals surface area contributed by atoms with Crippen molar-refractivity contribution in [3.8, 4) is 0 Å². The zero-order valence-corrected chi connectivity index (χ0v) is 14.5.